The van der Waals surface area contributed by atoms with Crippen molar-refractivity contribution in [2.45, 2.75) is 43.0 Å². The molecular weight excluding hydrogens is 523 g/mol. The van der Waals surface area contributed by atoms with Crippen molar-refractivity contribution in [1.29, 1.82) is 0 Å². The summed E-state index contributed by atoms with van der Waals surface area (Å²) in [5, 5.41) is 22.7. The van der Waals surface area contributed by atoms with E-state index in [0.717, 1.165) is 11.1 Å². The van der Waals surface area contributed by atoms with Crippen molar-refractivity contribution in [3.05, 3.63) is 90.4 Å². The lowest BCUT2D eigenvalue weighted by Gasteiger charge is -2.36. The summed E-state index contributed by atoms with van der Waals surface area (Å²) < 4.78 is 38.6. The van der Waals surface area contributed by atoms with Crippen molar-refractivity contribution in [1.82, 2.24) is 14.5 Å². The maximum atomic E-state index is 13.6. The number of hydrogen-bond acceptors (Lipinski definition) is 10. The van der Waals surface area contributed by atoms with Gasteiger partial charge < -0.3 is 25.3 Å². The van der Waals surface area contributed by atoms with Crippen molar-refractivity contribution < 1.29 is 33.1 Å². The van der Waals surface area contributed by atoms with E-state index in [0.29, 0.717) is 11.0 Å². The Labute approximate surface area is 224 Å². The number of phosphoric ester groups is 1. The molecule has 7 atom stereocenters. The number of anilines is 1. The molecule has 4 aromatic rings. The molecule has 0 bridgehead atoms. The van der Waals surface area contributed by atoms with E-state index in [-0.39, 0.29) is 24.9 Å². The normalized spacial score (nSPS) is 32.9. The second-order valence-corrected chi connectivity index (χ2v) is 11.5. The van der Waals surface area contributed by atoms with Crippen LogP contribution >= 0.6 is 7.82 Å². The van der Waals surface area contributed by atoms with E-state index in [9.17, 15) is 14.8 Å². The minimum atomic E-state index is -4.06. The number of nitrogen functional groups attached to an aromatic ring is 1. The molecule has 0 radical (unpaired) electrons. The average Bonchev–Trinajstić information content (AvgIpc) is 3.47. The number of nitrogens with zero attached hydrogens (tertiary/aromatic N) is 3. The molecule has 2 aliphatic heterocycles. The molecule has 2 aromatic carbocycles. The van der Waals surface area contributed by atoms with Crippen LogP contribution in [0, 0.1) is 0 Å². The van der Waals surface area contributed by atoms with Gasteiger partial charge in [-0.05, 0) is 24.1 Å². The summed E-state index contributed by atoms with van der Waals surface area (Å²) in [6.07, 6.45) is -1.07. The topological polar surface area (TPSA) is 151 Å². The van der Waals surface area contributed by atoms with Gasteiger partial charge >= 0.3 is 7.82 Å². The van der Waals surface area contributed by atoms with Gasteiger partial charge in [0, 0.05) is 12.1 Å². The number of nitrogens with two attached hydrogens (primary N) is 1. The number of phosphoric acid groups is 1. The number of aliphatic hydroxyl groups excluding tert-OH is 1. The molecule has 0 unspecified atom stereocenters. The predicted octanol–water partition coefficient (Wildman–Crippen LogP) is 3.72. The summed E-state index contributed by atoms with van der Waals surface area (Å²) >= 11 is 0. The number of rotatable bonds is 6. The first kappa shape index (κ1) is 26.1. The van der Waals surface area contributed by atoms with Crippen LogP contribution in [0.3, 0.4) is 0 Å². The van der Waals surface area contributed by atoms with E-state index in [2.05, 4.69) is 9.97 Å². The molecule has 2 aliphatic rings. The highest BCUT2D eigenvalue weighted by molar-refractivity contribution is 7.48. The molecule has 0 aliphatic carbocycles. The van der Waals surface area contributed by atoms with E-state index < -0.39 is 38.0 Å². The lowest BCUT2D eigenvalue weighted by molar-refractivity contribution is -0.0951. The van der Waals surface area contributed by atoms with Crippen LogP contribution in [0.2, 0.25) is 0 Å². The van der Waals surface area contributed by atoms with E-state index in [1.807, 2.05) is 60.7 Å². The molecule has 6 rings (SSSR count). The van der Waals surface area contributed by atoms with Gasteiger partial charge in [0.25, 0.3) is 0 Å². The fourth-order valence-corrected chi connectivity index (χ4v) is 6.61. The Bertz CT molecular complexity index is 1500. The summed E-state index contributed by atoms with van der Waals surface area (Å²) in [6.45, 7) is 1.20. The van der Waals surface area contributed by atoms with Crippen molar-refractivity contribution in [3.63, 3.8) is 0 Å². The monoisotopic (exact) mass is 552 g/mol. The lowest BCUT2D eigenvalue weighted by atomic mass is 9.90. The Balaban J connectivity index is 1.21. The van der Waals surface area contributed by atoms with E-state index >= 15 is 0 Å². The van der Waals surface area contributed by atoms with Crippen molar-refractivity contribution >= 4 is 24.7 Å². The third-order valence-electron chi connectivity index (χ3n) is 7.32. The van der Waals surface area contributed by atoms with Gasteiger partial charge in [-0.2, -0.15) is 0 Å². The smallest absolute Gasteiger partial charge is 0.387 e. The van der Waals surface area contributed by atoms with Crippen molar-refractivity contribution in [2.75, 3.05) is 18.9 Å². The molecule has 2 saturated heterocycles. The molecule has 11 nitrogen and oxygen atoms in total. The SMILES string of the molecule is C[C@@]1(O)[C@H](O)[C@@H](CO[P@]2(=O)OC[C@@H](c3ccccc3)[C@@H](c3ccccc3)O2)O[C@H]1n1ccc2c(N)ncnc21. The van der Waals surface area contributed by atoms with Gasteiger partial charge in [0.05, 0.1) is 18.6 Å². The van der Waals surface area contributed by atoms with E-state index in [1.165, 1.54) is 13.3 Å². The fraction of sp³-hybridized carbons (Fsp3) is 0.333. The van der Waals surface area contributed by atoms with E-state index in [4.69, 9.17) is 24.0 Å². The summed E-state index contributed by atoms with van der Waals surface area (Å²) in [4.78, 5) is 8.22. The van der Waals surface area contributed by atoms with Gasteiger partial charge in [0.1, 0.15) is 41.7 Å². The number of ether oxygens (including phenoxy) is 1. The molecular formula is C27H29N4O7P. The Hall–Kier alpha value is -3.15. The fourth-order valence-electron chi connectivity index (χ4n) is 5.20. The Morgan fingerprint density at radius 3 is 2.51 bits per heavy atom. The van der Waals surface area contributed by atoms with E-state index in [1.54, 1.807) is 16.8 Å². The minimum absolute atomic E-state index is 0.103. The van der Waals surface area contributed by atoms with Gasteiger partial charge in [0.2, 0.25) is 0 Å². The quantitative estimate of drug-likeness (QED) is 0.302. The van der Waals surface area contributed by atoms with Crippen LogP contribution in [0.1, 0.15) is 36.3 Å². The van der Waals surface area contributed by atoms with Crippen molar-refractivity contribution in [2.24, 2.45) is 0 Å². The maximum Gasteiger partial charge on any atom is 0.475 e. The van der Waals surface area contributed by atoms with Crippen LogP contribution in [-0.4, -0.2) is 55.8 Å². The standard InChI is InChI=1S/C27H29N4O7P/c1-27(33)23(32)21(37-26(27)31-13-12-19-24(28)29-16-30-25(19)31)15-36-39(34)35-14-20(17-8-4-2-5-9-17)22(38-39)18-10-6-3-7-11-18/h2-13,16,20-23,26,32-33H,14-15H2,1H3,(H2,28,29,30)/t20-,21+,22+,23+,26+,27+,39-/m0/s1. The van der Waals surface area contributed by atoms with Crippen molar-refractivity contribution in [3.8, 4) is 0 Å². The van der Waals surface area contributed by atoms with Gasteiger partial charge in [0.15, 0.2) is 6.23 Å². The Morgan fingerprint density at radius 1 is 1.10 bits per heavy atom. The Kier molecular flexibility index (Phi) is 6.76. The second-order valence-electron chi connectivity index (χ2n) is 9.91. The molecule has 0 saturated carbocycles. The molecule has 4 N–H and O–H groups in total. The molecule has 12 heteroatoms. The van der Waals surface area contributed by atoms with Gasteiger partial charge in [-0.1, -0.05) is 60.7 Å². The average molecular weight is 553 g/mol. The molecule has 204 valence electrons. The first-order valence-corrected chi connectivity index (χ1v) is 14.0. The summed E-state index contributed by atoms with van der Waals surface area (Å²) in [5.74, 6) is 0.0671. The number of hydrogen-bond donors (Lipinski definition) is 3. The molecule has 2 fully saturated rings. The Morgan fingerprint density at radius 2 is 1.79 bits per heavy atom. The van der Waals surface area contributed by atoms with Gasteiger partial charge in [-0.3, -0.25) is 13.6 Å². The highest BCUT2D eigenvalue weighted by atomic mass is 31.2. The minimum Gasteiger partial charge on any atom is -0.387 e. The first-order chi connectivity index (χ1) is 18.8. The zero-order chi connectivity index (χ0) is 27.2. The summed E-state index contributed by atoms with van der Waals surface area (Å²) in [7, 11) is -4.06. The third kappa shape index (κ3) is 4.76. The molecule has 0 spiro atoms. The maximum absolute atomic E-state index is 13.6. The van der Waals surface area contributed by atoms with Crippen LogP contribution in [0.5, 0.6) is 0 Å². The van der Waals surface area contributed by atoms with Crippen LogP contribution < -0.4 is 5.73 Å². The van der Waals surface area contributed by atoms with Crippen LogP contribution in [0.4, 0.5) is 5.82 Å². The summed E-state index contributed by atoms with van der Waals surface area (Å²) in [5.41, 5.74) is 6.46. The summed E-state index contributed by atoms with van der Waals surface area (Å²) in [6, 6.07) is 20.9. The van der Waals surface area contributed by atoms with Gasteiger partial charge in [-0.25, -0.2) is 14.5 Å². The highest BCUT2D eigenvalue weighted by Gasteiger charge is 2.54. The lowest BCUT2D eigenvalue weighted by Crippen LogP contribution is -2.44. The zero-order valence-corrected chi connectivity index (χ0v) is 22.0. The number of aliphatic hydroxyl groups is 2. The van der Waals surface area contributed by atoms with Crippen LogP contribution in [0.25, 0.3) is 11.0 Å². The first-order valence-electron chi connectivity index (χ1n) is 12.6. The number of fused-ring (bicyclic) bond motifs is 1. The number of aromatic nitrogens is 3. The number of benzene rings is 2. The third-order valence-corrected chi connectivity index (χ3v) is 8.74. The predicted molar refractivity (Wildman–Crippen MR) is 141 cm³/mol. The second kappa shape index (κ2) is 10.1. The van der Waals surface area contributed by atoms with Gasteiger partial charge in [-0.15, -0.1) is 0 Å². The van der Waals surface area contributed by atoms with Crippen LogP contribution in [-0.2, 0) is 22.9 Å². The molecule has 2 aromatic heterocycles. The highest BCUT2D eigenvalue weighted by Crippen LogP contribution is 2.60. The molecule has 39 heavy (non-hydrogen) atoms. The molecule has 0 amide bonds. The zero-order valence-electron chi connectivity index (χ0n) is 21.1. The molecule has 4 heterocycles. The van der Waals surface area contributed by atoms with Crippen LogP contribution in [0.15, 0.2) is 79.3 Å². The largest absolute Gasteiger partial charge is 0.475 e.